The number of benzene rings is 2. The lowest BCUT2D eigenvalue weighted by Gasteiger charge is -2.12. The van der Waals surface area contributed by atoms with Crippen LogP contribution in [0.1, 0.15) is 16.7 Å². The monoisotopic (exact) mass is 335 g/mol. The normalized spacial score (nSPS) is 10.4. The molecule has 3 aromatic rings. The number of methoxy groups -OCH3 is 1. The van der Waals surface area contributed by atoms with E-state index in [0.717, 1.165) is 28.3 Å². The van der Waals surface area contributed by atoms with Crippen molar-refractivity contribution in [2.75, 3.05) is 17.7 Å². The zero-order valence-corrected chi connectivity index (χ0v) is 14.8. The van der Waals surface area contributed by atoms with Gasteiger partial charge < -0.3 is 15.4 Å². The van der Waals surface area contributed by atoms with Crippen molar-refractivity contribution in [2.24, 2.45) is 0 Å². The Morgan fingerprint density at radius 3 is 2.40 bits per heavy atom. The van der Waals surface area contributed by atoms with E-state index in [4.69, 9.17) is 4.74 Å². The number of ether oxygens (including phenoxy) is 1. The fourth-order valence-electron chi connectivity index (χ4n) is 2.55. The van der Waals surface area contributed by atoms with Gasteiger partial charge in [-0.05, 0) is 50.1 Å². The standard InChI is InChI=1S/C19H21N5O/c1-12-5-7-15(14(3)9-12)22-19-23-18(11-20-24-19)21-16-10-13(2)6-8-17(16)25-4/h5-11H,1-4H3,(H2,21,22,23,24). The number of hydrogen-bond donors (Lipinski definition) is 2. The second-order valence-corrected chi connectivity index (χ2v) is 5.94. The zero-order valence-electron chi connectivity index (χ0n) is 14.8. The molecule has 3 rings (SSSR count). The lowest BCUT2D eigenvalue weighted by molar-refractivity contribution is 0.416. The van der Waals surface area contributed by atoms with Crippen molar-refractivity contribution in [3.63, 3.8) is 0 Å². The molecule has 0 unspecified atom stereocenters. The van der Waals surface area contributed by atoms with Crippen LogP contribution in [0, 0.1) is 20.8 Å². The van der Waals surface area contributed by atoms with Gasteiger partial charge in [0.2, 0.25) is 5.95 Å². The lowest BCUT2D eigenvalue weighted by Crippen LogP contribution is -2.04. The molecular weight excluding hydrogens is 314 g/mol. The van der Waals surface area contributed by atoms with Crippen LogP contribution in [0.15, 0.2) is 42.6 Å². The highest BCUT2D eigenvalue weighted by Crippen LogP contribution is 2.28. The van der Waals surface area contributed by atoms with E-state index in [1.807, 2.05) is 44.2 Å². The van der Waals surface area contributed by atoms with E-state index in [1.54, 1.807) is 13.3 Å². The highest BCUT2D eigenvalue weighted by Gasteiger charge is 2.07. The third-order valence-corrected chi connectivity index (χ3v) is 3.80. The van der Waals surface area contributed by atoms with Crippen molar-refractivity contribution in [3.8, 4) is 5.75 Å². The number of aromatic nitrogens is 3. The molecule has 0 spiro atoms. The van der Waals surface area contributed by atoms with E-state index in [-0.39, 0.29) is 0 Å². The Morgan fingerprint density at radius 2 is 1.64 bits per heavy atom. The molecule has 2 N–H and O–H groups in total. The molecule has 1 aromatic heterocycles. The molecule has 0 saturated heterocycles. The van der Waals surface area contributed by atoms with Gasteiger partial charge in [0.15, 0.2) is 5.82 Å². The van der Waals surface area contributed by atoms with Crippen molar-refractivity contribution in [1.82, 2.24) is 15.2 Å². The maximum atomic E-state index is 5.38. The maximum Gasteiger partial charge on any atom is 0.249 e. The second kappa shape index (κ2) is 7.17. The van der Waals surface area contributed by atoms with Crippen LogP contribution in [-0.2, 0) is 0 Å². The predicted molar refractivity (Wildman–Crippen MR) is 100 cm³/mol. The summed E-state index contributed by atoms with van der Waals surface area (Å²) in [5.41, 5.74) is 5.25. The number of nitrogens with one attached hydrogen (secondary N) is 2. The quantitative estimate of drug-likeness (QED) is 0.724. The van der Waals surface area contributed by atoms with Crippen LogP contribution in [0.25, 0.3) is 0 Å². The molecular formula is C19H21N5O. The van der Waals surface area contributed by atoms with E-state index >= 15 is 0 Å². The fraction of sp³-hybridized carbons (Fsp3) is 0.211. The van der Waals surface area contributed by atoms with Crippen molar-refractivity contribution < 1.29 is 4.74 Å². The Balaban J connectivity index is 1.83. The van der Waals surface area contributed by atoms with Gasteiger partial charge in [-0.3, -0.25) is 0 Å². The Kier molecular flexibility index (Phi) is 4.79. The first-order valence-electron chi connectivity index (χ1n) is 8.01. The second-order valence-electron chi connectivity index (χ2n) is 5.94. The molecule has 128 valence electrons. The molecule has 0 bridgehead atoms. The summed E-state index contributed by atoms with van der Waals surface area (Å²) in [6.45, 7) is 6.13. The van der Waals surface area contributed by atoms with Crippen LogP contribution in [-0.4, -0.2) is 22.3 Å². The van der Waals surface area contributed by atoms with Gasteiger partial charge in [0.05, 0.1) is 19.0 Å². The molecule has 6 heteroatoms. The minimum absolute atomic E-state index is 0.434. The van der Waals surface area contributed by atoms with Crippen molar-refractivity contribution in [1.29, 1.82) is 0 Å². The number of rotatable bonds is 5. The number of aryl methyl sites for hydroxylation is 3. The molecule has 25 heavy (non-hydrogen) atoms. The molecule has 2 aromatic carbocycles. The Morgan fingerprint density at radius 1 is 0.880 bits per heavy atom. The van der Waals surface area contributed by atoms with Gasteiger partial charge in [-0.2, -0.15) is 10.1 Å². The summed E-state index contributed by atoms with van der Waals surface area (Å²) in [6, 6.07) is 12.1. The first-order chi connectivity index (χ1) is 12.0. The van der Waals surface area contributed by atoms with Crippen LogP contribution in [0.2, 0.25) is 0 Å². The highest BCUT2D eigenvalue weighted by atomic mass is 16.5. The van der Waals surface area contributed by atoms with E-state index in [1.165, 1.54) is 5.56 Å². The molecule has 0 fully saturated rings. The third kappa shape index (κ3) is 4.03. The van der Waals surface area contributed by atoms with Crippen LogP contribution in [0.3, 0.4) is 0 Å². The summed E-state index contributed by atoms with van der Waals surface area (Å²) >= 11 is 0. The van der Waals surface area contributed by atoms with Crippen LogP contribution in [0.5, 0.6) is 5.75 Å². The minimum atomic E-state index is 0.434. The third-order valence-electron chi connectivity index (χ3n) is 3.80. The number of hydrogen-bond acceptors (Lipinski definition) is 6. The average Bonchev–Trinajstić information content (AvgIpc) is 2.58. The van der Waals surface area contributed by atoms with Gasteiger partial charge in [0, 0.05) is 5.69 Å². The smallest absolute Gasteiger partial charge is 0.249 e. The van der Waals surface area contributed by atoms with Gasteiger partial charge in [0.1, 0.15) is 5.75 Å². The van der Waals surface area contributed by atoms with Gasteiger partial charge in [-0.1, -0.05) is 23.8 Å². The Labute approximate surface area is 147 Å². The summed E-state index contributed by atoms with van der Waals surface area (Å²) in [5, 5.41) is 14.5. The number of anilines is 4. The van der Waals surface area contributed by atoms with Crippen LogP contribution < -0.4 is 15.4 Å². The van der Waals surface area contributed by atoms with Gasteiger partial charge in [-0.25, -0.2) is 0 Å². The van der Waals surface area contributed by atoms with E-state index in [9.17, 15) is 0 Å². The highest BCUT2D eigenvalue weighted by molar-refractivity contribution is 5.66. The minimum Gasteiger partial charge on any atom is -0.495 e. The predicted octanol–water partition coefficient (Wildman–Crippen LogP) is 4.29. The Bertz CT molecular complexity index is 895. The maximum absolute atomic E-state index is 5.38. The van der Waals surface area contributed by atoms with Crippen molar-refractivity contribution in [2.45, 2.75) is 20.8 Å². The molecule has 0 radical (unpaired) electrons. The van der Waals surface area contributed by atoms with Crippen LogP contribution in [0.4, 0.5) is 23.1 Å². The molecule has 0 saturated carbocycles. The van der Waals surface area contributed by atoms with Crippen molar-refractivity contribution in [3.05, 3.63) is 59.3 Å². The van der Waals surface area contributed by atoms with E-state index in [0.29, 0.717) is 11.8 Å². The molecule has 0 amide bonds. The molecule has 0 atom stereocenters. The van der Waals surface area contributed by atoms with Gasteiger partial charge in [0.25, 0.3) is 0 Å². The molecule has 0 aliphatic carbocycles. The lowest BCUT2D eigenvalue weighted by atomic mass is 10.1. The SMILES string of the molecule is COc1ccc(C)cc1Nc1cnnc(Nc2ccc(C)cc2C)n1. The van der Waals surface area contributed by atoms with Gasteiger partial charge in [-0.15, -0.1) is 5.10 Å². The molecule has 0 aliphatic heterocycles. The fourth-order valence-corrected chi connectivity index (χ4v) is 2.55. The number of nitrogens with zero attached hydrogens (tertiary/aromatic N) is 3. The summed E-state index contributed by atoms with van der Waals surface area (Å²) in [7, 11) is 1.64. The topological polar surface area (TPSA) is 72.0 Å². The van der Waals surface area contributed by atoms with Crippen molar-refractivity contribution >= 4 is 23.1 Å². The average molecular weight is 335 g/mol. The summed E-state index contributed by atoms with van der Waals surface area (Å²) in [5.74, 6) is 1.77. The van der Waals surface area contributed by atoms with E-state index < -0.39 is 0 Å². The summed E-state index contributed by atoms with van der Waals surface area (Å²) < 4.78 is 5.38. The summed E-state index contributed by atoms with van der Waals surface area (Å²) in [4.78, 5) is 4.48. The largest absolute Gasteiger partial charge is 0.495 e. The van der Waals surface area contributed by atoms with E-state index in [2.05, 4.69) is 38.8 Å². The Hall–Kier alpha value is -3.15. The first kappa shape index (κ1) is 16.7. The first-order valence-corrected chi connectivity index (χ1v) is 8.01. The molecule has 6 nitrogen and oxygen atoms in total. The van der Waals surface area contributed by atoms with Gasteiger partial charge >= 0.3 is 0 Å². The van der Waals surface area contributed by atoms with Crippen LogP contribution >= 0.6 is 0 Å². The zero-order chi connectivity index (χ0) is 17.8. The summed E-state index contributed by atoms with van der Waals surface area (Å²) in [6.07, 6.45) is 1.58. The molecule has 1 heterocycles. The molecule has 0 aliphatic rings.